The first-order valence-corrected chi connectivity index (χ1v) is 6.00. The van der Waals surface area contributed by atoms with E-state index in [1.807, 2.05) is 31.2 Å². The molecule has 0 saturated heterocycles. The van der Waals surface area contributed by atoms with Crippen LogP contribution in [0.5, 0.6) is 0 Å². The molecule has 3 rings (SSSR count). The average molecular weight is 259 g/mol. The van der Waals surface area contributed by atoms with Crippen molar-refractivity contribution in [3.8, 4) is 0 Å². The van der Waals surface area contributed by atoms with Crippen LogP contribution in [0.3, 0.4) is 0 Å². The van der Waals surface area contributed by atoms with Crippen LogP contribution in [0.1, 0.15) is 5.69 Å². The molecule has 0 bridgehead atoms. The Morgan fingerprint density at radius 2 is 1.94 bits per heavy atom. The number of benzene rings is 1. The number of hydrogen-bond donors (Lipinski definition) is 0. The second kappa shape index (κ2) is 3.82. The minimum absolute atomic E-state index is 0.0488. The van der Waals surface area contributed by atoms with Gasteiger partial charge >= 0.3 is 0 Å². The van der Waals surface area contributed by atoms with Crippen molar-refractivity contribution in [2.24, 2.45) is 7.05 Å². The Bertz CT molecular complexity index is 836. The van der Waals surface area contributed by atoms with Crippen molar-refractivity contribution in [2.75, 3.05) is 0 Å². The van der Waals surface area contributed by atoms with Crippen molar-refractivity contribution in [3.05, 3.63) is 51.5 Å². The van der Waals surface area contributed by atoms with Gasteiger partial charge in [-0.05, 0) is 30.5 Å². The van der Waals surface area contributed by atoms with Crippen molar-refractivity contribution in [3.63, 3.8) is 0 Å². The lowest BCUT2D eigenvalue weighted by atomic mass is 10.1. The van der Waals surface area contributed by atoms with Crippen molar-refractivity contribution in [1.29, 1.82) is 0 Å². The number of hydrogen-bond acceptors (Lipinski definition) is 2. The van der Waals surface area contributed by atoms with Gasteiger partial charge in [-0.3, -0.25) is 9.78 Å². The SMILES string of the molecule is Cc1cc2c(cn1)c(=O)n(C)c1cc(Cl)ccc21. The third-order valence-corrected chi connectivity index (χ3v) is 3.42. The molecule has 0 atom stereocenters. The highest BCUT2D eigenvalue weighted by Gasteiger charge is 2.09. The van der Waals surface area contributed by atoms with E-state index in [1.165, 1.54) is 0 Å². The highest BCUT2D eigenvalue weighted by molar-refractivity contribution is 6.31. The van der Waals surface area contributed by atoms with Crippen LogP contribution in [0, 0.1) is 6.92 Å². The molecule has 0 aliphatic carbocycles. The van der Waals surface area contributed by atoms with Crippen LogP contribution in [-0.2, 0) is 7.05 Å². The highest BCUT2D eigenvalue weighted by atomic mass is 35.5. The van der Waals surface area contributed by atoms with Crippen molar-refractivity contribution in [1.82, 2.24) is 9.55 Å². The van der Waals surface area contributed by atoms with Gasteiger partial charge < -0.3 is 4.57 Å². The maximum Gasteiger partial charge on any atom is 0.260 e. The summed E-state index contributed by atoms with van der Waals surface area (Å²) in [6, 6.07) is 7.53. The first-order chi connectivity index (χ1) is 8.58. The summed E-state index contributed by atoms with van der Waals surface area (Å²) in [5.41, 5.74) is 1.69. The number of pyridine rings is 2. The Labute approximate surface area is 109 Å². The second-order valence-corrected chi connectivity index (χ2v) is 4.83. The lowest BCUT2D eigenvalue weighted by molar-refractivity contribution is 0.917. The normalized spacial score (nSPS) is 11.3. The Kier molecular flexibility index (Phi) is 2.38. The molecule has 0 spiro atoms. The van der Waals surface area contributed by atoms with E-state index in [1.54, 1.807) is 17.8 Å². The third-order valence-electron chi connectivity index (χ3n) is 3.19. The van der Waals surface area contributed by atoms with Gasteiger partial charge in [-0.15, -0.1) is 0 Å². The number of aryl methyl sites for hydroxylation is 2. The zero-order valence-electron chi connectivity index (χ0n) is 10.1. The molecule has 0 radical (unpaired) electrons. The van der Waals surface area contributed by atoms with Crippen molar-refractivity contribution < 1.29 is 0 Å². The smallest absolute Gasteiger partial charge is 0.260 e. The van der Waals surface area contributed by atoms with Gasteiger partial charge in [0, 0.05) is 29.3 Å². The fourth-order valence-electron chi connectivity index (χ4n) is 2.25. The quantitative estimate of drug-likeness (QED) is 0.581. The topological polar surface area (TPSA) is 34.9 Å². The zero-order valence-corrected chi connectivity index (χ0v) is 10.8. The molecular weight excluding hydrogens is 248 g/mol. The van der Waals surface area contributed by atoms with E-state index < -0.39 is 0 Å². The number of halogens is 1. The van der Waals surface area contributed by atoms with Crippen LogP contribution in [0.25, 0.3) is 21.7 Å². The van der Waals surface area contributed by atoms with Gasteiger partial charge in [-0.1, -0.05) is 17.7 Å². The molecule has 0 N–H and O–H groups in total. The maximum absolute atomic E-state index is 12.2. The summed E-state index contributed by atoms with van der Waals surface area (Å²) in [4.78, 5) is 16.4. The predicted molar refractivity (Wildman–Crippen MR) is 74.2 cm³/mol. The summed E-state index contributed by atoms with van der Waals surface area (Å²) < 4.78 is 1.61. The number of fused-ring (bicyclic) bond motifs is 3. The fraction of sp³-hybridized carbons (Fsp3) is 0.143. The molecule has 90 valence electrons. The summed E-state index contributed by atoms with van der Waals surface area (Å²) >= 11 is 6.00. The molecule has 3 nitrogen and oxygen atoms in total. The van der Waals surface area contributed by atoms with Crippen LogP contribution < -0.4 is 5.56 Å². The molecule has 0 unspecified atom stereocenters. The van der Waals surface area contributed by atoms with Gasteiger partial charge in [0.25, 0.3) is 5.56 Å². The maximum atomic E-state index is 12.2. The molecule has 4 heteroatoms. The molecule has 0 aliphatic heterocycles. The molecule has 1 aromatic carbocycles. The van der Waals surface area contributed by atoms with Gasteiger partial charge in [0.1, 0.15) is 0 Å². The van der Waals surface area contributed by atoms with Crippen molar-refractivity contribution >= 4 is 33.3 Å². The molecule has 0 saturated carbocycles. The molecule has 2 aromatic heterocycles. The molecule has 0 aliphatic rings. The van der Waals surface area contributed by atoms with Crippen LogP contribution in [0.2, 0.25) is 5.02 Å². The van der Waals surface area contributed by atoms with Crippen molar-refractivity contribution in [2.45, 2.75) is 6.92 Å². The first kappa shape index (κ1) is 11.2. The van der Waals surface area contributed by atoms with Crippen LogP contribution >= 0.6 is 11.6 Å². The Balaban J connectivity index is 2.68. The van der Waals surface area contributed by atoms with Gasteiger partial charge in [-0.2, -0.15) is 0 Å². The molecule has 3 aromatic rings. The minimum atomic E-state index is -0.0488. The van der Waals surface area contributed by atoms with Crippen LogP contribution in [-0.4, -0.2) is 9.55 Å². The predicted octanol–water partition coefficient (Wildman–Crippen LogP) is 3.05. The Hall–Kier alpha value is -1.87. The van der Waals surface area contributed by atoms with Gasteiger partial charge in [0.2, 0.25) is 0 Å². The summed E-state index contributed by atoms with van der Waals surface area (Å²) in [6.45, 7) is 1.92. The van der Waals surface area contributed by atoms with Crippen LogP contribution in [0.4, 0.5) is 0 Å². The Morgan fingerprint density at radius 1 is 1.17 bits per heavy atom. The Morgan fingerprint density at radius 3 is 2.72 bits per heavy atom. The lowest BCUT2D eigenvalue weighted by Gasteiger charge is -2.09. The number of nitrogens with zero attached hydrogens (tertiary/aromatic N) is 2. The van der Waals surface area contributed by atoms with E-state index in [2.05, 4.69) is 4.98 Å². The van der Waals surface area contributed by atoms with Gasteiger partial charge in [0.05, 0.1) is 10.9 Å². The van der Waals surface area contributed by atoms with E-state index in [0.29, 0.717) is 10.4 Å². The standard InChI is InChI=1S/C14H11ClN2O/c1-8-5-11-10-4-3-9(15)6-13(10)17(2)14(18)12(11)7-16-8/h3-7H,1-2H3. The summed E-state index contributed by atoms with van der Waals surface area (Å²) in [7, 11) is 1.75. The average Bonchev–Trinajstić information content (AvgIpc) is 2.35. The molecule has 0 amide bonds. The minimum Gasteiger partial charge on any atom is -0.311 e. The fourth-order valence-corrected chi connectivity index (χ4v) is 2.42. The van der Waals surface area contributed by atoms with E-state index in [4.69, 9.17) is 11.6 Å². The second-order valence-electron chi connectivity index (χ2n) is 4.40. The molecule has 0 fully saturated rings. The summed E-state index contributed by atoms with van der Waals surface area (Å²) in [5.74, 6) is 0. The third kappa shape index (κ3) is 1.51. The lowest BCUT2D eigenvalue weighted by Crippen LogP contribution is -2.17. The molecule has 18 heavy (non-hydrogen) atoms. The van der Waals surface area contributed by atoms with Gasteiger partial charge in [-0.25, -0.2) is 0 Å². The zero-order chi connectivity index (χ0) is 12.9. The molecule has 2 heterocycles. The number of aromatic nitrogens is 2. The summed E-state index contributed by atoms with van der Waals surface area (Å²) in [5, 5.41) is 3.21. The van der Waals surface area contributed by atoms with Crippen LogP contribution in [0.15, 0.2) is 35.3 Å². The summed E-state index contributed by atoms with van der Waals surface area (Å²) in [6.07, 6.45) is 1.64. The van der Waals surface area contributed by atoms with E-state index >= 15 is 0 Å². The first-order valence-electron chi connectivity index (χ1n) is 5.62. The van der Waals surface area contributed by atoms with E-state index in [-0.39, 0.29) is 5.56 Å². The largest absolute Gasteiger partial charge is 0.311 e. The molecular formula is C14H11ClN2O. The van der Waals surface area contributed by atoms with Gasteiger partial charge in [0.15, 0.2) is 0 Å². The van der Waals surface area contributed by atoms with E-state index in [9.17, 15) is 4.79 Å². The highest BCUT2D eigenvalue weighted by Crippen LogP contribution is 2.25. The monoisotopic (exact) mass is 258 g/mol. The van der Waals surface area contributed by atoms with E-state index in [0.717, 1.165) is 22.0 Å². The number of rotatable bonds is 0.